The average molecular weight is 457 g/mol. The number of likely N-dealkylation sites (tertiary alicyclic amines) is 2. The molecular weight excluding hydrogens is 424 g/mol. The molecule has 0 radical (unpaired) electrons. The molecule has 3 aliphatic heterocycles. The average Bonchev–Trinajstić information content (AvgIpc) is 3.14. The Bertz CT molecular complexity index is 927. The van der Waals surface area contributed by atoms with Gasteiger partial charge >= 0.3 is 0 Å². The minimum Gasteiger partial charge on any atom is -0.360 e. The van der Waals surface area contributed by atoms with E-state index in [-0.39, 0.29) is 6.04 Å². The summed E-state index contributed by atoms with van der Waals surface area (Å²) < 4.78 is 1.38. The molecule has 3 fully saturated rings. The number of thiocarbonyl (C=S) groups is 1. The molecule has 0 spiro atoms. The number of carbonyl (C=O) groups excluding carboxylic acids is 1. The highest BCUT2D eigenvalue weighted by molar-refractivity contribution is 7.80. The first-order chi connectivity index (χ1) is 15.0. The van der Waals surface area contributed by atoms with Crippen LogP contribution in [0.5, 0.6) is 0 Å². The van der Waals surface area contributed by atoms with Crippen LogP contribution in [-0.2, 0) is 11.3 Å². The summed E-state index contributed by atoms with van der Waals surface area (Å²) in [5.74, 6) is 0.906. The predicted molar refractivity (Wildman–Crippen MR) is 131 cm³/mol. The summed E-state index contributed by atoms with van der Waals surface area (Å²) in [7, 11) is 0. The van der Waals surface area contributed by atoms with Gasteiger partial charge in [0.05, 0.1) is 0 Å². The normalized spacial score (nSPS) is 29.3. The van der Waals surface area contributed by atoms with E-state index in [0.717, 1.165) is 45.4 Å². The second-order valence-corrected chi connectivity index (χ2v) is 11.1. The van der Waals surface area contributed by atoms with Crippen molar-refractivity contribution in [1.29, 1.82) is 0 Å². The fourth-order valence-electron chi connectivity index (χ4n) is 5.73. The summed E-state index contributed by atoms with van der Waals surface area (Å²) in [4.78, 5) is 19.5. The number of piperidine rings is 2. The highest BCUT2D eigenvalue weighted by Crippen LogP contribution is 2.33. The van der Waals surface area contributed by atoms with Gasteiger partial charge in [-0.15, -0.1) is 11.3 Å². The molecule has 4 heterocycles. The van der Waals surface area contributed by atoms with Crippen LogP contribution in [0.1, 0.15) is 43.9 Å². The molecule has 2 aromatic rings. The van der Waals surface area contributed by atoms with Crippen molar-refractivity contribution in [1.82, 2.24) is 20.4 Å². The van der Waals surface area contributed by atoms with Gasteiger partial charge in [-0.25, -0.2) is 0 Å². The molecule has 7 heteroatoms. The molecular formula is C24H32N4OS2. The van der Waals surface area contributed by atoms with E-state index in [1.807, 2.05) is 11.3 Å². The largest absolute Gasteiger partial charge is 0.360 e. The molecule has 5 nitrogen and oxygen atoms in total. The summed E-state index contributed by atoms with van der Waals surface area (Å²) in [6, 6.07) is 11.9. The number of amides is 1. The van der Waals surface area contributed by atoms with Crippen LogP contribution in [0, 0.1) is 5.92 Å². The monoisotopic (exact) mass is 456 g/mol. The Morgan fingerprint density at radius 2 is 2.10 bits per heavy atom. The number of fused-ring (bicyclic) bond motifs is 2. The molecule has 31 heavy (non-hydrogen) atoms. The van der Waals surface area contributed by atoms with Gasteiger partial charge in [-0.2, -0.15) is 0 Å². The van der Waals surface area contributed by atoms with Gasteiger partial charge in [0, 0.05) is 60.3 Å². The lowest BCUT2D eigenvalue weighted by Gasteiger charge is -2.47. The molecule has 1 aromatic carbocycles. The van der Waals surface area contributed by atoms with Gasteiger partial charge in [0.2, 0.25) is 5.91 Å². The Morgan fingerprint density at radius 3 is 2.94 bits per heavy atom. The van der Waals surface area contributed by atoms with Crippen LogP contribution in [0.25, 0.3) is 10.1 Å². The first-order valence-electron chi connectivity index (χ1n) is 11.6. The number of benzene rings is 1. The zero-order valence-electron chi connectivity index (χ0n) is 18.2. The fourth-order valence-corrected chi connectivity index (χ4v) is 7.20. The van der Waals surface area contributed by atoms with Crippen molar-refractivity contribution in [3.05, 3.63) is 35.2 Å². The van der Waals surface area contributed by atoms with Crippen LogP contribution in [0.2, 0.25) is 0 Å². The third-order valence-corrected chi connectivity index (χ3v) is 8.44. The van der Waals surface area contributed by atoms with Crippen LogP contribution in [0.3, 0.4) is 0 Å². The molecule has 0 unspecified atom stereocenters. The maximum Gasteiger partial charge on any atom is 0.224 e. The summed E-state index contributed by atoms with van der Waals surface area (Å²) in [5, 5.41) is 8.57. The number of thiophene rings is 1. The fraction of sp³-hybridized carbons (Fsp3) is 0.583. The van der Waals surface area contributed by atoms with E-state index in [9.17, 15) is 4.79 Å². The Labute approximate surface area is 194 Å². The topological polar surface area (TPSA) is 47.6 Å². The lowest BCUT2D eigenvalue weighted by Crippen LogP contribution is -2.58. The molecule has 4 atom stereocenters. The van der Waals surface area contributed by atoms with Crippen molar-refractivity contribution >= 4 is 44.7 Å². The lowest BCUT2D eigenvalue weighted by molar-refractivity contribution is -0.139. The van der Waals surface area contributed by atoms with Gasteiger partial charge in [0.15, 0.2) is 5.11 Å². The van der Waals surface area contributed by atoms with Crippen LogP contribution in [0.4, 0.5) is 0 Å². The number of rotatable bonds is 4. The second-order valence-electron chi connectivity index (χ2n) is 9.49. The van der Waals surface area contributed by atoms with E-state index in [2.05, 4.69) is 57.7 Å². The quantitative estimate of drug-likeness (QED) is 0.687. The summed E-state index contributed by atoms with van der Waals surface area (Å²) in [6.07, 6.45) is 4.95. The third-order valence-electron chi connectivity index (χ3n) is 7.10. The number of nitrogens with zero attached hydrogens (tertiary/aromatic N) is 2. The van der Waals surface area contributed by atoms with E-state index >= 15 is 0 Å². The molecule has 0 aliphatic carbocycles. The zero-order valence-corrected chi connectivity index (χ0v) is 19.8. The smallest absolute Gasteiger partial charge is 0.224 e. The Morgan fingerprint density at radius 1 is 1.23 bits per heavy atom. The Kier molecular flexibility index (Phi) is 6.17. The van der Waals surface area contributed by atoms with E-state index in [4.69, 9.17) is 12.2 Å². The van der Waals surface area contributed by atoms with Crippen LogP contribution < -0.4 is 10.6 Å². The molecule has 3 saturated heterocycles. The van der Waals surface area contributed by atoms with Crippen LogP contribution in [0.15, 0.2) is 30.3 Å². The third kappa shape index (κ3) is 4.73. The predicted octanol–water partition coefficient (Wildman–Crippen LogP) is 3.73. The van der Waals surface area contributed by atoms with E-state index < -0.39 is 0 Å². The van der Waals surface area contributed by atoms with E-state index in [1.54, 1.807) is 0 Å². The minimum atomic E-state index is 0.157. The molecule has 1 aromatic heterocycles. The van der Waals surface area contributed by atoms with E-state index in [1.165, 1.54) is 21.4 Å². The highest BCUT2D eigenvalue weighted by atomic mass is 32.1. The molecule has 1 amide bonds. The number of nitrogens with one attached hydrogen (secondary N) is 2. The van der Waals surface area contributed by atoms with Gasteiger partial charge < -0.3 is 15.5 Å². The van der Waals surface area contributed by atoms with Gasteiger partial charge in [0.25, 0.3) is 0 Å². The van der Waals surface area contributed by atoms with Crippen molar-refractivity contribution < 1.29 is 4.79 Å². The summed E-state index contributed by atoms with van der Waals surface area (Å²) >= 11 is 7.21. The van der Waals surface area contributed by atoms with Crippen LogP contribution >= 0.6 is 23.6 Å². The number of hydrogen-bond donors (Lipinski definition) is 2. The standard InChI is InChI=1S/C24H32N4OS2/c1-16-11-19(26-24(30)25-16)13-23(29)28-9-4-6-18-14-27(10-8-21(18)28)15-20-12-17-5-2-3-7-22(17)31-20/h2-3,5,7,12,16,18-19,21H,4,6,8-11,13-15H2,1H3,(H2,25,26,30)/t16-,18-,19+,21+/m1/s1. The van der Waals surface area contributed by atoms with Crippen molar-refractivity contribution in [2.75, 3.05) is 19.6 Å². The molecule has 0 bridgehead atoms. The molecule has 3 aliphatic rings. The lowest BCUT2D eigenvalue weighted by atomic mass is 9.83. The minimum absolute atomic E-state index is 0.157. The van der Waals surface area contributed by atoms with Crippen molar-refractivity contribution in [2.24, 2.45) is 5.92 Å². The zero-order chi connectivity index (χ0) is 21.4. The Hall–Kier alpha value is -1.70. The highest BCUT2D eigenvalue weighted by Gasteiger charge is 2.38. The second kappa shape index (κ2) is 9.04. The van der Waals surface area contributed by atoms with Crippen molar-refractivity contribution in [3.8, 4) is 0 Å². The van der Waals surface area contributed by atoms with E-state index in [0.29, 0.717) is 35.4 Å². The number of hydrogen-bond acceptors (Lipinski definition) is 4. The first kappa shape index (κ1) is 21.2. The van der Waals surface area contributed by atoms with Crippen molar-refractivity contribution in [2.45, 2.75) is 63.7 Å². The van der Waals surface area contributed by atoms with Crippen molar-refractivity contribution in [3.63, 3.8) is 0 Å². The van der Waals surface area contributed by atoms with Crippen LogP contribution in [-0.4, -0.2) is 58.6 Å². The Balaban J connectivity index is 1.19. The van der Waals surface area contributed by atoms with Gasteiger partial charge in [-0.3, -0.25) is 9.69 Å². The first-order valence-corrected chi connectivity index (χ1v) is 12.8. The van der Waals surface area contributed by atoms with Gasteiger partial charge in [0.1, 0.15) is 0 Å². The van der Waals surface area contributed by atoms with Gasteiger partial charge in [-0.05, 0) is 68.3 Å². The number of carbonyl (C=O) groups is 1. The maximum atomic E-state index is 13.2. The maximum absolute atomic E-state index is 13.2. The molecule has 0 saturated carbocycles. The SMILES string of the molecule is C[C@@H]1C[C@@H](CC(=O)N2CCC[C@@H]3CN(Cc4cc5ccccc5s4)CC[C@@H]32)NC(=S)N1. The summed E-state index contributed by atoms with van der Waals surface area (Å²) in [5.41, 5.74) is 0. The van der Waals surface area contributed by atoms with Gasteiger partial charge in [-0.1, -0.05) is 18.2 Å². The molecule has 2 N–H and O–H groups in total. The molecule has 5 rings (SSSR count). The molecule has 166 valence electrons. The summed E-state index contributed by atoms with van der Waals surface area (Å²) in [6.45, 7) is 6.27.